The summed E-state index contributed by atoms with van der Waals surface area (Å²) < 4.78 is 1.31. The summed E-state index contributed by atoms with van der Waals surface area (Å²) in [6, 6.07) is 0. The van der Waals surface area contributed by atoms with Crippen LogP contribution in [0.3, 0.4) is 0 Å². The number of hydrogen-bond acceptors (Lipinski definition) is 0. The van der Waals surface area contributed by atoms with E-state index in [1.165, 1.54) is 4.55 Å². The molecular formula is C6H9BrMg. The van der Waals surface area contributed by atoms with Crippen LogP contribution in [0.4, 0.5) is 0 Å². The fourth-order valence-corrected chi connectivity index (χ4v) is 1.52. The lowest BCUT2D eigenvalue weighted by molar-refractivity contribution is 1.23. The van der Waals surface area contributed by atoms with Crippen molar-refractivity contribution >= 4 is 31.1 Å². The van der Waals surface area contributed by atoms with E-state index in [9.17, 15) is 0 Å². The van der Waals surface area contributed by atoms with Crippen LogP contribution in [0.5, 0.6) is 0 Å². The van der Waals surface area contributed by atoms with Gasteiger partial charge in [0.1, 0.15) is 0 Å². The second-order valence-corrected chi connectivity index (χ2v) is 4.96. The molecular weight excluding hydrogens is 176 g/mol. The standard InChI is InChI=1S/C6H9.BrH.Mg/c1-3-5-6-4-2;;/h1,3-4H2,2H3;1H;/q;;+1/p-1. The Morgan fingerprint density at radius 1 is 1.50 bits per heavy atom. The van der Waals surface area contributed by atoms with Gasteiger partial charge in [0.2, 0.25) is 0 Å². The smallest absolute Gasteiger partial charge is 0.307 e. The first-order chi connectivity index (χ1) is 3.91. The lowest BCUT2D eigenvalue weighted by Crippen LogP contribution is -1.72. The molecule has 0 rings (SSSR count). The van der Waals surface area contributed by atoms with Crippen molar-refractivity contribution in [3.05, 3.63) is 0 Å². The molecule has 0 saturated carbocycles. The van der Waals surface area contributed by atoms with E-state index in [4.69, 9.17) is 0 Å². The maximum atomic E-state index is 3.47. The summed E-state index contributed by atoms with van der Waals surface area (Å²) in [4.78, 5) is 0. The SMILES string of the molecule is CCC#CC[CH2][Mg][Br]. The molecule has 0 fully saturated rings. The predicted molar refractivity (Wildman–Crippen MR) is 42.2 cm³/mol. The molecule has 0 aliphatic rings. The zero-order chi connectivity index (χ0) is 6.24. The molecule has 0 aromatic rings. The van der Waals surface area contributed by atoms with E-state index in [2.05, 4.69) is 31.6 Å². The van der Waals surface area contributed by atoms with E-state index in [0.29, 0.717) is 0 Å². The Morgan fingerprint density at radius 2 is 2.25 bits per heavy atom. The zero-order valence-corrected chi connectivity index (χ0v) is 8.21. The molecule has 0 nitrogen and oxygen atoms in total. The molecule has 0 N–H and O–H groups in total. The van der Waals surface area contributed by atoms with Crippen molar-refractivity contribution in [1.82, 2.24) is 0 Å². The van der Waals surface area contributed by atoms with Crippen molar-refractivity contribution in [2.24, 2.45) is 0 Å². The lowest BCUT2D eigenvalue weighted by Gasteiger charge is -1.78. The number of hydrogen-bond donors (Lipinski definition) is 0. The van der Waals surface area contributed by atoms with Crippen LogP contribution >= 0.6 is 12.9 Å². The van der Waals surface area contributed by atoms with Gasteiger partial charge in [-0.1, -0.05) is 6.92 Å². The highest BCUT2D eigenvalue weighted by atomic mass is 79.9. The molecule has 0 spiro atoms. The van der Waals surface area contributed by atoms with Crippen LogP contribution in [0.25, 0.3) is 0 Å². The molecule has 8 heavy (non-hydrogen) atoms. The summed E-state index contributed by atoms with van der Waals surface area (Å²) in [5, 5.41) is 0. The Hall–Kier alpha value is 0.806. The molecule has 0 atom stereocenters. The van der Waals surface area contributed by atoms with Crippen LogP contribution in [0, 0.1) is 11.8 Å². The predicted octanol–water partition coefficient (Wildman–Crippen LogP) is 2.22. The van der Waals surface area contributed by atoms with Crippen LogP contribution in [-0.2, 0) is 0 Å². The second-order valence-electron chi connectivity index (χ2n) is 1.50. The van der Waals surface area contributed by atoms with Crippen LogP contribution in [0.2, 0.25) is 4.55 Å². The van der Waals surface area contributed by atoms with Crippen molar-refractivity contribution < 1.29 is 0 Å². The van der Waals surface area contributed by atoms with Crippen LogP contribution in [-0.4, -0.2) is 18.2 Å². The van der Waals surface area contributed by atoms with Gasteiger partial charge in [-0.25, -0.2) is 0 Å². The number of rotatable bonds is 2. The normalized spacial score (nSPS) is 6.75. The summed E-state index contributed by atoms with van der Waals surface area (Å²) in [6.45, 7) is 2.08. The molecule has 2 heteroatoms. The van der Waals surface area contributed by atoms with Gasteiger partial charge in [0.15, 0.2) is 0 Å². The molecule has 0 unspecified atom stereocenters. The van der Waals surface area contributed by atoms with E-state index < -0.39 is 0 Å². The average Bonchev–Trinajstić information content (AvgIpc) is 1.81. The fraction of sp³-hybridized carbons (Fsp3) is 0.667. The highest BCUT2D eigenvalue weighted by molar-refractivity contribution is 9.23. The van der Waals surface area contributed by atoms with Gasteiger partial charge >= 0.3 is 18.2 Å². The van der Waals surface area contributed by atoms with Crippen molar-refractivity contribution in [1.29, 1.82) is 0 Å². The Labute approximate surface area is 67.0 Å². The summed E-state index contributed by atoms with van der Waals surface area (Å²) in [5.74, 6) is 6.13. The topological polar surface area (TPSA) is 0 Å². The van der Waals surface area contributed by atoms with Gasteiger partial charge in [-0.05, 0) is 6.42 Å². The largest absolute Gasteiger partial charge is 0.469 e. The van der Waals surface area contributed by atoms with Crippen molar-refractivity contribution in [3.63, 3.8) is 0 Å². The minimum Gasteiger partial charge on any atom is -0.307 e. The van der Waals surface area contributed by atoms with Gasteiger partial charge in [0.25, 0.3) is 0 Å². The van der Waals surface area contributed by atoms with E-state index in [0.717, 1.165) is 12.8 Å². The molecule has 0 radical (unpaired) electrons. The zero-order valence-electron chi connectivity index (χ0n) is 5.21. The lowest BCUT2D eigenvalue weighted by atomic mass is 10.4. The minimum absolute atomic E-state index is 0.0960. The summed E-state index contributed by atoms with van der Waals surface area (Å²) >= 11 is 3.57. The highest BCUT2D eigenvalue weighted by Gasteiger charge is 1.83. The molecule has 42 valence electrons. The van der Waals surface area contributed by atoms with Gasteiger partial charge in [-0.15, -0.1) is 16.4 Å². The van der Waals surface area contributed by atoms with E-state index >= 15 is 0 Å². The van der Waals surface area contributed by atoms with Crippen LogP contribution < -0.4 is 0 Å². The van der Waals surface area contributed by atoms with Crippen molar-refractivity contribution in [2.75, 3.05) is 0 Å². The number of halogens is 1. The first-order valence-electron chi connectivity index (χ1n) is 2.93. The van der Waals surface area contributed by atoms with Gasteiger partial charge < -0.3 is 12.9 Å². The first-order valence-corrected chi connectivity index (χ1v) is 7.83. The minimum atomic E-state index is 0.0960. The van der Waals surface area contributed by atoms with Crippen molar-refractivity contribution in [2.45, 2.75) is 24.3 Å². The first kappa shape index (κ1) is 8.81. The Kier molecular flexibility index (Phi) is 8.59. The maximum absolute atomic E-state index is 3.47. The molecule has 0 aromatic heterocycles. The third-order valence-electron chi connectivity index (χ3n) is 0.737. The van der Waals surface area contributed by atoms with Gasteiger partial charge in [-0.3, -0.25) is 0 Å². The summed E-state index contributed by atoms with van der Waals surface area (Å²) in [6.07, 6.45) is 2.11. The van der Waals surface area contributed by atoms with Gasteiger partial charge in [0.05, 0.1) is 0 Å². The Bertz CT molecular complexity index is 90.4. The third-order valence-corrected chi connectivity index (χ3v) is 3.04. The summed E-state index contributed by atoms with van der Waals surface area (Å²) in [7, 11) is 0. The van der Waals surface area contributed by atoms with E-state index in [1.807, 2.05) is 0 Å². The van der Waals surface area contributed by atoms with Gasteiger partial charge in [-0.2, -0.15) is 0 Å². The second kappa shape index (κ2) is 7.81. The highest BCUT2D eigenvalue weighted by Crippen LogP contribution is 1.89. The van der Waals surface area contributed by atoms with Crippen LogP contribution in [0.15, 0.2) is 0 Å². The molecule has 0 aromatic carbocycles. The summed E-state index contributed by atoms with van der Waals surface area (Å²) in [5.41, 5.74) is 0. The van der Waals surface area contributed by atoms with Gasteiger partial charge in [0, 0.05) is 6.42 Å². The molecule has 0 aliphatic heterocycles. The maximum Gasteiger partial charge on any atom is 0.469 e. The third kappa shape index (κ3) is 6.81. The fourth-order valence-electron chi connectivity index (χ4n) is 0.369. The van der Waals surface area contributed by atoms with Crippen molar-refractivity contribution in [3.8, 4) is 11.8 Å². The Balaban J connectivity index is 2.90. The average molecular weight is 185 g/mol. The van der Waals surface area contributed by atoms with Crippen LogP contribution in [0.1, 0.15) is 19.8 Å². The molecule has 0 heterocycles. The monoisotopic (exact) mass is 184 g/mol. The molecule has 0 aliphatic carbocycles. The molecule has 0 amide bonds. The quantitative estimate of drug-likeness (QED) is 0.351. The molecule has 0 saturated heterocycles. The van der Waals surface area contributed by atoms with E-state index in [1.54, 1.807) is 0 Å². The Morgan fingerprint density at radius 3 is 2.75 bits per heavy atom. The molecule has 0 bridgehead atoms. The van der Waals surface area contributed by atoms with E-state index in [-0.39, 0.29) is 18.2 Å².